The van der Waals surface area contributed by atoms with Crippen LogP contribution >= 0.6 is 0 Å². The Morgan fingerprint density at radius 3 is 2.22 bits per heavy atom. The van der Waals surface area contributed by atoms with Crippen LogP contribution in [0.5, 0.6) is 0 Å². The van der Waals surface area contributed by atoms with Crippen molar-refractivity contribution in [3.05, 3.63) is 40.6 Å². The molecule has 0 aliphatic rings. The fourth-order valence-corrected chi connectivity index (χ4v) is 1.09. The van der Waals surface area contributed by atoms with Crippen LogP contribution in [0.15, 0.2) is 30.5 Å². The van der Waals surface area contributed by atoms with Crippen molar-refractivity contribution in [3.8, 4) is 11.3 Å². The highest BCUT2D eigenvalue weighted by atomic mass is 16.6. The predicted octanol–water partition coefficient (Wildman–Crippen LogP) is 1.60. The number of H-pyrrole nitrogens is 1. The molecule has 0 fully saturated rings. The van der Waals surface area contributed by atoms with Gasteiger partial charge < -0.3 is 10.2 Å². The highest BCUT2D eigenvalue weighted by Gasteiger charge is 2.05. The van der Waals surface area contributed by atoms with Crippen molar-refractivity contribution in [3.63, 3.8) is 0 Å². The van der Waals surface area contributed by atoms with Gasteiger partial charge in [-0.3, -0.25) is 10.1 Å². The molecule has 1 heterocycles. The lowest BCUT2D eigenvalue weighted by molar-refractivity contribution is -0.384. The van der Waals surface area contributed by atoms with E-state index in [9.17, 15) is 10.1 Å². The Labute approximate surface area is 99.8 Å². The summed E-state index contributed by atoms with van der Waals surface area (Å²) in [6.45, 7) is 0. The molecule has 0 unspecified atom stereocenters. The maximum atomic E-state index is 10.4. The van der Waals surface area contributed by atoms with Crippen molar-refractivity contribution in [2.24, 2.45) is 0 Å². The number of hydrogen-bond donors (Lipinski definition) is 3. The second-order valence-electron chi connectivity index (χ2n) is 2.94. The van der Waals surface area contributed by atoms with Crippen molar-refractivity contribution in [1.29, 1.82) is 0 Å². The zero-order chi connectivity index (χ0) is 13.5. The summed E-state index contributed by atoms with van der Waals surface area (Å²) in [7, 11) is 0. The van der Waals surface area contributed by atoms with E-state index in [0.717, 1.165) is 5.56 Å². The zero-order valence-electron chi connectivity index (χ0n) is 8.85. The predicted molar refractivity (Wildman–Crippen MR) is 59.1 cm³/mol. The first-order chi connectivity index (χ1) is 8.50. The van der Waals surface area contributed by atoms with Crippen LogP contribution in [0.4, 0.5) is 10.5 Å². The lowest BCUT2D eigenvalue weighted by atomic mass is 10.1. The second-order valence-corrected chi connectivity index (χ2v) is 2.94. The number of nitrogens with zero attached hydrogens (tertiary/aromatic N) is 3. The van der Waals surface area contributed by atoms with Gasteiger partial charge in [-0.1, -0.05) is 0 Å². The van der Waals surface area contributed by atoms with Gasteiger partial charge in [0.15, 0.2) is 0 Å². The maximum Gasteiger partial charge on any atom is 0.503 e. The molecule has 0 bridgehead atoms. The number of non-ortho nitro benzene ring substituents is 1. The minimum atomic E-state index is -1.83. The van der Waals surface area contributed by atoms with Gasteiger partial charge in [0.25, 0.3) is 5.69 Å². The largest absolute Gasteiger partial charge is 0.503 e. The molecule has 0 saturated carbocycles. The Morgan fingerprint density at radius 1 is 1.28 bits per heavy atom. The number of rotatable bonds is 2. The molecule has 1 aromatic heterocycles. The standard InChI is InChI=1S/C8H6N4O2.CH2O3/c13-12(14)7-3-1-6(2-4-7)8-5-9-11-10-8;2-1(3)4/h1-5H,(H,9,10,11);(H2,2,3,4). The summed E-state index contributed by atoms with van der Waals surface area (Å²) in [6.07, 6.45) is -0.277. The third kappa shape index (κ3) is 3.89. The normalized spacial score (nSPS) is 9.11. The molecule has 0 atom stereocenters. The number of aromatic amines is 1. The molecule has 94 valence electrons. The van der Waals surface area contributed by atoms with Crippen LogP contribution < -0.4 is 0 Å². The third-order valence-electron chi connectivity index (χ3n) is 1.79. The van der Waals surface area contributed by atoms with Crippen LogP contribution in [0.3, 0.4) is 0 Å². The Kier molecular flexibility index (Phi) is 4.32. The SMILES string of the molecule is O=C(O)O.O=[N+]([O-])c1ccc(-c2cn[nH]n2)cc1. The van der Waals surface area contributed by atoms with E-state index in [2.05, 4.69) is 15.4 Å². The van der Waals surface area contributed by atoms with Gasteiger partial charge in [-0.25, -0.2) is 4.79 Å². The summed E-state index contributed by atoms with van der Waals surface area (Å²) in [5.74, 6) is 0. The number of aromatic nitrogens is 3. The highest BCUT2D eigenvalue weighted by Crippen LogP contribution is 2.19. The Balaban J connectivity index is 0.000000357. The molecule has 9 heteroatoms. The molecule has 0 aliphatic carbocycles. The fraction of sp³-hybridized carbons (Fsp3) is 0. The molecular weight excluding hydrogens is 244 g/mol. The number of carboxylic acid groups (broad SMARTS) is 2. The van der Waals surface area contributed by atoms with Crippen LogP contribution in [0.25, 0.3) is 11.3 Å². The summed E-state index contributed by atoms with van der Waals surface area (Å²) >= 11 is 0. The molecule has 0 aliphatic heterocycles. The summed E-state index contributed by atoms with van der Waals surface area (Å²) in [6, 6.07) is 6.14. The van der Waals surface area contributed by atoms with Crippen molar-refractivity contribution in [2.45, 2.75) is 0 Å². The number of benzene rings is 1. The molecular formula is C9H8N4O5. The van der Waals surface area contributed by atoms with E-state index in [0.29, 0.717) is 5.69 Å². The third-order valence-corrected chi connectivity index (χ3v) is 1.79. The lowest BCUT2D eigenvalue weighted by Crippen LogP contribution is -1.87. The molecule has 9 nitrogen and oxygen atoms in total. The molecule has 0 radical (unpaired) electrons. The Hall–Kier alpha value is -2.97. The first-order valence-corrected chi connectivity index (χ1v) is 4.53. The van der Waals surface area contributed by atoms with E-state index in [-0.39, 0.29) is 5.69 Å². The Bertz CT molecular complexity index is 518. The number of carbonyl (C=O) groups is 1. The van der Waals surface area contributed by atoms with E-state index in [4.69, 9.17) is 15.0 Å². The van der Waals surface area contributed by atoms with Crippen molar-refractivity contribution in [1.82, 2.24) is 15.4 Å². The number of nitrogens with one attached hydrogen (secondary N) is 1. The molecule has 3 N–H and O–H groups in total. The van der Waals surface area contributed by atoms with Gasteiger partial charge in [-0.05, 0) is 12.1 Å². The van der Waals surface area contributed by atoms with Crippen LogP contribution in [-0.4, -0.2) is 36.7 Å². The number of nitro benzene ring substituents is 1. The second kappa shape index (κ2) is 5.94. The van der Waals surface area contributed by atoms with Crippen LogP contribution in [0.1, 0.15) is 0 Å². The fourth-order valence-electron chi connectivity index (χ4n) is 1.09. The summed E-state index contributed by atoms with van der Waals surface area (Å²) < 4.78 is 0. The van der Waals surface area contributed by atoms with Gasteiger partial charge >= 0.3 is 6.16 Å². The summed E-state index contributed by atoms with van der Waals surface area (Å²) in [5.41, 5.74) is 1.53. The summed E-state index contributed by atoms with van der Waals surface area (Å²) in [5, 5.41) is 34.3. The lowest BCUT2D eigenvalue weighted by Gasteiger charge is -1.94. The smallest absolute Gasteiger partial charge is 0.450 e. The average Bonchev–Trinajstić information content (AvgIpc) is 2.81. The van der Waals surface area contributed by atoms with E-state index >= 15 is 0 Å². The van der Waals surface area contributed by atoms with Gasteiger partial charge in [0.2, 0.25) is 0 Å². The highest BCUT2D eigenvalue weighted by molar-refractivity contribution is 5.59. The van der Waals surface area contributed by atoms with E-state index in [1.165, 1.54) is 12.1 Å². The quantitative estimate of drug-likeness (QED) is 0.544. The molecule has 2 rings (SSSR count). The summed E-state index contributed by atoms with van der Waals surface area (Å²) in [4.78, 5) is 18.5. The molecule has 0 saturated heterocycles. The minimum Gasteiger partial charge on any atom is -0.450 e. The molecule has 2 aromatic rings. The maximum absolute atomic E-state index is 10.4. The van der Waals surface area contributed by atoms with Gasteiger partial charge in [0.05, 0.1) is 11.1 Å². The minimum absolute atomic E-state index is 0.0669. The first-order valence-electron chi connectivity index (χ1n) is 4.53. The molecule has 1 aromatic carbocycles. The topological polar surface area (TPSA) is 142 Å². The van der Waals surface area contributed by atoms with Crippen LogP contribution in [-0.2, 0) is 0 Å². The van der Waals surface area contributed by atoms with Crippen LogP contribution in [0.2, 0.25) is 0 Å². The van der Waals surface area contributed by atoms with E-state index in [1.54, 1.807) is 18.3 Å². The van der Waals surface area contributed by atoms with E-state index < -0.39 is 11.1 Å². The average molecular weight is 252 g/mol. The van der Waals surface area contributed by atoms with Crippen LogP contribution in [0, 0.1) is 10.1 Å². The van der Waals surface area contributed by atoms with E-state index in [1.807, 2.05) is 0 Å². The number of nitro groups is 1. The van der Waals surface area contributed by atoms with Gasteiger partial charge in [0.1, 0.15) is 5.69 Å². The van der Waals surface area contributed by atoms with Gasteiger partial charge in [-0.15, -0.1) is 0 Å². The van der Waals surface area contributed by atoms with Gasteiger partial charge in [-0.2, -0.15) is 15.4 Å². The number of hydrogen-bond acceptors (Lipinski definition) is 5. The zero-order valence-corrected chi connectivity index (χ0v) is 8.85. The monoisotopic (exact) mass is 252 g/mol. The molecule has 18 heavy (non-hydrogen) atoms. The molecule has 0 amide bonds. The van der Waals surface area contributed by atoms with Crippen molar-refractivity contribution in [2.75, 3.05) is 0 Å². The van der Waals surface area contributed by atoms with Gasteiger partial charge in [0, 0.05) is 17.7 Å². The van der Waals surface area contributed by atoms with Crippen molar-refractivity contribution >= 4 is 11.8 Å². The molecule has 0 spiro atoms. The van der Waals surface area contributed by atoms with Crippen molar-refractivity contribution < 1.29 is 19.9 Å². The Morgan fingerprint density at radius 2 is 1.83 bits per heavy atom. The first kappa shape index (κ1) is 13.1.